The zero-order valence-corrected chi connectivity index (χ0v) is 18.8. The molecular weight excluding hydrogens is 410 g/mol. The van der Waals surface area contributed by atoms with E-state index >= 15 is 0 Å². The maximum atomic E-state index is 9.88. The van der Waals surface area contributed by atoms with Gasteiger partial charge < -0.3 is 14.7 Å². The first-order valence-electron chi connectivity index (χ1n) is 10.8. The predicted octanol–water partition coefficient (Wildman–Crippen LogP) is 5.13. The lowest BCUT2D eigenvalue weighted by Gasteiger charge is -2.18. The number of phenols is 1. The predicted molar refractivity (Wildman–Crippen MR) is 132 cm³/mol. The Kier molecular flexibility index (Phi) is 7.12. The van der Waals surface area contributed by atoms with Crippen LogP contribution in [0.15, 0.2) is 97.6 Å². The summed E-state index contributed by atoms with van der Waals surface area (Å²) < 4.78 is 5.89. The molecule has 4 rings (SSSR count). The molecule has 0 aliphatic rings. The summed E-state index contributed by atoms with van der Waals surface area (Å²) in [5.74, 6) is 1.06. The van der Waals surface area contributed by atoms with E-state index in [2.05, 4.69) is 39.1 Å². The molecule has 0 fully saturated rings. The van der Waals surface area contributed by atoms with Crippen molar-refractivity contribution in [2.24, 2.45) is 0 Å². The average molecular weight is 438 g/mol. The third kappa shape index (κ3) is 5.64. The van der Waals surface area contributed by atoms with Crippen LogP contribution in [0.25, 0.3) is 11.1 Å². The van der Waals surface area contributed by atoms with Crippen LogP contribution in [0.5, 0.6) is 11.5 Å². The molecule has 5 nitrogen and oxygen atoms in total. The maximum Gasteiger partial charge on any atom is 0.119 e. The van der Waals surface area contributed by atoms with Crippen molar-refractivity contribution in [1.29, 1.82) is 0 Å². The fourth-order valence-corrected chi connectivity index (χ4v) is 3.62. The molecule has 0 radical (unpaired) electrons. The van der Waals surface area contributed by atoms with Gasteiger partial charge in [-0.15, -0.1) is 0 Å². The van der Waals surface area contributed by atoms with E-state index in [9.17, 15) is 5.11 Å². The number of pyridine rings is 2. The highest BCUT2D eigenvalue weighted by Gasteiger charge is 2.17. The number of hydrogen-bond donors (Lipinski definition) is 1. The van der Waals surface area contributed by atoms with Gasteiger partial charge in [-0.1, -0.05) is 36.4 Å². The molecule has 0 aliphatic heterocycles. The summed E-state index contributed by atoms with van der Waals surface area (Å²) in [7, 11) is 4.05. The van der Waals surface area contributed by atoms with Gasteiger partial charge in [0.1, 0.15) is 18.1 Å². The van der Waals surface area contributed by atoms with Crippen LogP contribution in [0.2, 0.25) is 0 Å². The molecule has 0 spiro atoms. The Morgan fingerprint density at radius 1 is 0.727 bits per heavy atom. The van der Waals surface area contributed by atoms with Crippen LogP contribution in [0, 0.1) is 0 Å². The molecule has 0 aliphatic carbocycles. The minimum absolute atomic E-state index is 0.229. The molecule has 2 heterocycles. The molecule has 1 N–H and O–H groups in total. The Labute approximate surface area is 194 Å². The Morgan fingerprint density at radius 2 is 1.24 bits per heavy atom. The second-order valence-electron chi connectivity index (χ2n) is 7.96. The number of rotatable bonds is 8. The van der Waals surface area contributed by atoms with Crippen LogP contribution < -0.4 is 4.74 Å². The van der Waals surface area contributed by atoms with Gasteiger partial charge in [0.25, 0.3) is 0 Å². The number of aromatic nitrogens is 2. The number of nitrogens with zero attached hydrogens (tertiary/aromatic N) is 3. The van der Waals surface area contributed by atoms with Crippen LogP contribution in [-0.4, -0.2) is 47.2 Å². The van der Waals surface area contributed by atoms with Crippen molar-refractivity contribution in [1.82, 2.24) is 14.9 Å². The lowest BCUT2D eigenvalue weighted by atomic mass is 9.87. The van der Waals surface area contributed by atoms with E-state index < -0.39 is 0 Å². The van der Waals surface area contributed by atoms with E-state index in [0.717, 1.165) is 45.7 Å². The second-order valence-corrected chi connectivity index (χ2v) is 7.96. The topological polar surface area (TPSA) is 58.5 Å². The van der Waals surface area contributed by atoms with Gasteiger partial charge in [-0.2, -0.15) is 0 Å². The van der Waals surface area contributed by atoms with Crippen molar-refractivity contribution in [3.05, 3.63) is 120 Å². The van der Waals surface area contributed by atoms with E-state index in [4.69, 9.17) is 4.74 Å². The highest BCUT2D eigenvalue weighted by molar-refractivity contribution is 6.04. The van der Waals surface area contributed by atoms with Crippen LogP contribution in [-0.2, 0) is 0 Å². The van der Waals surface area contributed by atoms with Crippen LogP contribution >= 0.6 is 0 Å². The van der Waals surface area contributed by atoms with E-state index in [1.807, 2.05) is 62.9 Å². The maximum absolute atomic E-state index is 9.88. The normalized spacial score (nSPS) is 10.8. The minimum atomic E-state index is 0.229. The summed E-state index contributed by atoms with van der Waals surface area (Å²) in [4.78, 5) is 10.8. The van der Waals surface area contributed by atoms with Gasteiger partial charge in [0.05, 0.1) is 0 Å². The Balaban J connectivity index is 1.87. The standard InChI is InChI=1S/C28H27N3O2/c1-31(2)17-18-33-26-13-9-22(10-14-26)27(21-7-11-25(32)12-8-21)28(23-5-3-15-29-19-23)24-6-4-16-30-20-24/h3-16,19-20,32H,17-18H2,1-2H3. The van der Waals surface area contributed by atoms with Crippen molar-refractivity contribution in [2.45, 2.75) is 0 Å². The molecule has 0 unspecified atom stereocenters. The Bertz CT molecular complexity index is 1150. The minimum Gasteiger partial charge on any atom is -0.508 e. The molecule has 0 atom stereocenters. The highest BCUT2D eigenvalue weighted by atomic mass is 16.5. The summed E-state index contributed by atoms with van der Waals surface area (Å²) in [5.41, 5.74) is 6.03. The summed E-state index contributed by atoms with van der Waals surface area (Å²) in [5, 5.41) is 9.88. The summed E-state index contributed by atoms with van der Waals surface area (Å²) in [6.45, 7) is 1.48. The fourth-order valence-electron chi connectivity index (χ4n) is 3.62. The van der Waals surface area contributed by atoms with Gasteiger partial charge in [0.15, 0.2) is 0 Å². The van der Waals surface area contributed by atoms with E-state index in [1.54, 1.807) is 24.5 Å². The molecule has 5 heteroatoms. The van der Waals surface area contributed by atoms with Crippen LogP contribution in [0.1, 0.15) is 22.3 Å². The molecular formula is C28H27N3O2. The smallest absolute Gasteiger partial charge is 0.119 e. The van der Waals surface area contributed by atoms with E-state index in [0.29, 0.717) is 6.61 Å². The molecule has 2 aromatic carbocycles. The first-order chi connectivity index (χ1) is 16.1. The number of ether oxygens (including phenoxy) is 1. The van der Waals surface area contributed by atoms with Crippen molar-refractivity contribution in [2.75, 3.05) is 27.2 Å². The largest absolute Gasteiger partial charge is 0.508 e. The van der Waals surface area contributed by atoms with Crippen LogP contribution in [0.4, 0.5) is 0 Å². The van der Waals surface area contributed by atoms with Gasteiger partial charge in [-0.25, -0.2) is 0 Å². The molecule has 2 aromatic heterocycles. The van der Waals surface area contributed by atoms with E-state index in [1.165, 1.54) is 0 Å². The van der Waals surface area contributed by atoms with Gasteiger partial charge in [0, 0.05) is 48.0 Å². The summed E-state index contributed by atoms with van der Waals surface area (Å²) in [6.07, 6.45) is 7.26. The van der Waals surface area contributed by atoms with Crippen molar-refractivity contribution >= 4 is 11.1 Å². The highest BCUT2D eigenvalue weighted by Crippen LogP contribution is 2.37. The SMILES string of the molecule is CN(C)CCOc1ccc(C(=C(c2cccnc2)c2cccnc2)c2ccc(O)cc2)cc1. The lowest BCUT2D eigenvalue weighted by Crippen LogP contribution is -2.19. The molecule has 0 bridgehead atoms. The second kappa shape index (κ2) is 10.6. The molecule has 4 aromatic rings. The summed E-state index contributed by atoms with van der Waals surface area (Å²) in [6, 6.07) is 23.4. The first-order valence-corrected chi connectivity index (χ1v) is 10.8. The van der Waals surface area contributed by atoms with Gasteiger partial charge in [-0.05, 0) is 67.2 Å². The molecule has 166 valence electrons. The molecule has 0 amide bonds. The van der Waals surface area contributed by atoms with E-state index in [-0.39, 0.29) is 5.75 Å². The third-order valence-corrected chi connectivity index (χ3v) is 5.26. The molecule has 0 saturated heterocycles. The van der Waals surface area contributed by atoms with Crippen molar-refractivity contribution < 1.29 is 9.84 Å². The average Bonchev–Trinajstić information content (AvgIpc) is 2.85. The van der Waals surface area contributed by atoms with Crippen LogP contribution in [0.3, 0.4) is 0 Å². The lowest BCUT2D eigenvalue weighted by molar-refractivity contribution is 0.261. The number of likely N-dealkylation sites (N-methyl/N-ethyl adjacent to an activating group) is 1. The quantitative estimate of drug-likeness (QED) is 0.414. The number of benzene rings is 2. The zero-order chi connectivity index (χ0) is 23.0. The van der Waals surface area contributed by atoms with Gasteiger partial charge in [0.2, 0.25) is 0 Å². The van der Waals surface area contributed by atoms with Gasteiger partial charge in [-0.3, -0.25) is 9.97 Å². The molecule has 0 saturated carbocycles. The Morgan fingerprint density at radius 3 is 1.73 bits per heavy atom. The number of hydrogen-bond acceptors (Lipinski definition) is 5. The number of phenolic OH excluding ortho intramolecular Hbond substituents is 1. The monoisotopic (exact) mass is 437 g/mol. The van der Waals surface area contributed by atoms with Crippen molar-refractivity contribution in [3.63, 3.8) is 0 Å². The molecule has 33 heavy (non-hydrogen) atoms. The fraction of sp³-hybridized carbons (Fsp3) is 0.143. The zero-order valence-electron chi connectivity index (χ0n) is 18.8. The van der Waals surface area contributed by atoms with Crippen molar-refractivity contribution in [3.8, 4) is 11.5 Å². The first kappa shape index (κ1) is 22.2. The third-order valence-electron chi connectivity index (χ3n) is 5.26. The Hall–Kier alpha value is -3.96. The number of aromatic hydroxyl groups is 1. The van der Waals surface area contributed by atoms with Gasteiger partial charge >= 0.3 is 0 Å². The summed E-state index contributed by atoms with van der Waals surface area (Å²) >= 11 is 0.